The molecule has 0 aliphatic carbocycles. The Balaban J connectivity index is 2.38. The van der Waals surface area contributed by atoms with Crippen molar-refractivity contribution in [2.45, 2.75) is 26.1 Å². The first kappa shape index (κ1) is 13.2. The summed E-state index contributed by atoms with van der Waals surface area (Å²) >= 11 is 6.14. The molecule has 3 N–H and O–H groups in total. The van der Waals surface area contributed by atoms with E-state index in [0.29, 0.717) is 10.6 Å². The van der Waals surface area contributed by atoms with Crippen LogP contribution in [-0.2, 0) is 4.74 Å². The first-order valence-electron chi connectivity index (χ1n) is 6.02. The zero-order valence-corrected chi connectivity index (χ0v) is 11.4. The number of nitrogens with one attached hydrogen (secondary N) is 1. The van der Waals surface area contributed by atoms with Crippen molar-refractivity contribution in [1.29, 1.82) is 5.41 Å². The molecular weight excluding hydrogens is 250 g/mol. The predicted octanol–water partition coefficient (Wildman–Crippen LogP) is 2.24. The van der Waals surface area contributed by atoms with E-state index >= 15 is 0 Å². The fraction of sp³-hybridized carbons (Fsp3) is 0.462. The molecule has 2 atom stereocenters. The van der Waals surface area contributed by atoms with Crippen LogP contribution < -0.4 is 10.6 Å². The highest BCUT2D eigenvalue weighted by molar-refractivity contribution is 6.34. The summed E-state index contributed by atoms with van der Waals surface area (Å²) in [6.07, 6.45) is 0.320. The van der Waals surface area contributed by atoms with E-state index in [9.17, 15) is 0 Å². The maximum atomic E-state index is 7.67. The number of hydrogen-bond acceptors (Lipinski definition) is 3. The second-order valence-corrected chi connectivity index (χ2v) is 5.12. The van der Waals surface area contributed by atoms with Gasteiger partial charge in [0.15, 0.2) is 0 Å². The molecule has 1 aromatic carbocycles. The van der Waals surface area contributed by atoms with Crippen LogP contribution in [0.5, 0.6) is 0 Å². The molecule has 1 heterocycles. The van der Waals surface area contributed by atoms with E-state index in [4.69, 9.17) is 27.5 Å². The van der Waals surface area contributed by atoms with Crippen molar-refractivity contribution < 1.29 is 4.74 Å². The molecule has 0 unspecified atom stereocenters. The molecule has 18 heavy (non-hydrogen) atoms. The molecule has 0 radical (unpaired) electrons. The summed E-state index contributed by atoms with van der Waals surface area (Å²) in [4.78, 5) is 2.18. The van der Waals surface area contributed by atoms with Crippen LogP contribution >= 0.6 is 11.6 Å². The summed E-state index contributed by atoms with van der Waals surface area (Å²) in [6.45, 7) is 5.65. The van der Waals surface area contributed by atoms with Gasteiger partial charge in [-0.15, -0.1) is 0 Å². The first-order chi connectivity index (χ1) is 8.49. The van der Waals surface area contributed by atoms with Crippen molar-refractivity contribution in [3.05, 3.63) is 28.8 Å². The lowest BCUT2D eigenvalue weighted by Crippen LogP contribution is -2.46. The Kier molecular flexibility index (Phi) is 3.78. The minimum absolute atomic E-state index is 0.00222. The third-order valence-electron chi connectivity index (χ3n) is 3.02. The van der Waals surface area contributed by atoms with Crippen molar-refractivity contribution >= 4 is 23.1 Å². The van der Waals surface area contributed by atoms with Gasteiger partial charge in [-0.25, -0.2) is 0 Å². The van der Waals surface area contributed by atoms with Crippen LogP contribution in [0, 0.1) is 5.41 Å². The van der Waals surface area contributed by atoms with Crippen LogP contribution in [0.15, 0.2) is 18.2 Å². The van der Waals surface area contributed by atoms with Gasteiger partial charge in [-0.05, 0) is 26.0 Å². The van der Waals surface area contributed by atoms with E-state index in [-0.39, 0.29) is 18.0 Å². The molecule has 1 fully saturated rings. The number of ether oxygens (including phenoxy) is 1. The van der Waals surface area contributed by atoms with Crippen LogP contribution in [-0.4, -0.2) is 31.1 Å². The average molecular weight is 268 g/mol. The third-order valence-corrected chi connectivity index (χ3v) is 3.34. The highest BCUT2D eigenvalue weighted by Gasteiger charge is 2.25. The summed E-state index contributed by atoms with van der Waals surface area (Å²) in [6, 6.07) is 5.59. The van der Waals surface area contributed by atoms with Crippen molar-refractivity contribution in [3.8, 4) is 0 Å². The van der Waals surface area contributed by atoms with Gasteiger partial charge in [-0.3, -0.25) is 5.41 Å². The van der Waals surface area contributed by atoms with Crippen LogP contribution in [0.1, 0.15) is 19.4 Å². The van der Waals surface area contributed by atoms with Crippen molar-refractivity contribution in [2.24, 2.45) is 5.73 Å². The number of rotatable bonds is 2. The number of anilines is 1. The molecule has 0 aromatic heterocycles. The van der Waals surface area contributed by atoms with E-state index in [1.807, 2.05) is 26.0 Å². The van der Waals surface area contributed by atoms with Gasteiger partial charge in [0.25, 0.3) is 0 Å². The fourth-order valence-electron chi connectivity index (χ4n) is 2.42. The molecule has 1 saturated heterocycles. The van der Waals surface area contributed by atoms with Gasteiger partial charge >= 0.3 is 0 Å². The summed E-state index contributed by atoms with van der Waals surface area (Å²) in [5, 5.41) is 8.19. The highest BCUT2D eigenvalue weighted by atomic mass is 35.5. The van der Waals surface area contributed by atoms with Crippen LogP contribution in [0.2, 0.25) is 5.02 Å². The first-order valence-corrected chi connectivity index (χ1v) is 6.40. The van der Waals surface area contributed by atoms with Gasteiger partial charge in [0.2, 0.25) is 0 Å². The van der Waals surface area contributed by atoms with Crippen molar-refractivity contribution in [2.75, 3.05) is 18.0 Å². The summed E-state index contributed by atoms with van der Waals surface area (Å²) in [5.41, 5.74) is 7.16. The SMILES string of the molecule is C[C@@H]1CN(c2cccc(Cl)c2C(=N)N)C[C@H](C)O1. The fourth-order valence-corrected chi connectivity index (χ4v) is 2.69. The lowest BCUT2D eigenvalue weighted by atomic mass is 10.1. The molecule has 0 bridgehead atoms. The van der Waals surface area contributed by atoms with E-state index < -0.39 is 0 Å². The lowest BCUT2D eigenvalue weighted by Gasteiger charge is -2.37. The van der Waals surface area contributed by atoms with Crippen molar-refractivity contribution in [1.82, 2.24) is 0 Å². The number of benzene rings is 1. The summed E-state index contributed by atoms with van der Waals surface area (Å²) in [7, 11) is 0. The predicted molar refractivity (Wildman–Crippen MR) is 74.7 cm³/mol. The second-order valence-electron chi connectivity index (χ2n) is 4.71. The molecule has 1 aromatic rings. The Bertz CT molecular complexity index is 454. The standard InChI is InChI=1S/C13H18ClN3O/c1-8-6-17(7-9(2)18-8)11-5-3-4-10(14)12(11)13(15)16/h3-5,8-9H,6-7H2,1-2H3,(H3,15,16)/t8-,9+. The Labute approximate surface area is 112 Å². The third kappa shape index (κ3) is 2.60. The number of halogens is 1. The number of nitrogen functional groups attached to an aromatic ring is 1. The van der Waals surface area contributed by atoms with E-state index in [2.05, 4.69) is 4.90 Å². The Morgan fingerprint density at radius 3 is 2.56 bits per heavy atom. The average Bonchev–Trinajstić information content (AvgIpc) is 2.26. The molecule has 98 valence electrons. The topological polar surface area (TPSA) is 62.3 Å². The van der Waals surface area contributed by atoms with Gasteiger partial charge in [0.1, 0.15) is 5.84 Å². The van der Waals surface area contributed by atoms with Gasteiger partial charge in [0.05, 0.1) is 22.8 Å². The molecular formula is C13H18ClN3O. The zero-order chi connectivity index (χ0) is 13.3. The lowest BCUT2D eigenvalue weighted by molar-refractivity contribution is -0.00522. The Morgan fingerprint density at radius 1 is 1.39 bits per heavy atom. The largest absolute Gasteiger partial charge is 0.384 e. The highest BCUT2D eigenvalue weighted by Crippen LogP contribution is 2.29. The molecule has 1 aliphatic heterocycles. The normalized spacial score (nSPS) is 24.1. The second kappa shape index (κ2) is 5.16. The van der Waals surface area contributed by atoms with E-state index in [1.165, 1.54) is 0 Å². The molecule has 2 rings (SSSR count). The minimum Gasteiger partial charge on any atom is -0.384 e. The number of morpholine rings is 1. The quantitative estimate of drug-likeness (QED) is 0.638. The minimum atomic E-state index is 0.00222. The van der Waals surface area contributed by atoms with Crippen LogP contribution in [0.3, 0.4) is 0 Å². The van der Waals surface area contributed by atoms with Gasteiger partial charge in [0, 0.05) is 18.8 Å². The molecule has 0 spiro atoms. The number of amidine groups is 1. The molecule has 0 saturated carbocycles. The van der Waals surface area contributed by atoms with Gasteiger partial charge in [-0.2, -0.15) is 0 Å². The smallest absolute Gasteiger partial charge is 0.126 e. The van der Waals surface area contributed by atoms with Gasteiger partial charge < -0.3 is 15.4 Å². The molecule has 4 nitrogen and oxygen atoms in total. The number of nitrogens with zero attached hydrogens (tertiary/aromatic N) is 1. The summed E-state index contributed by atoms with van der Waals surface area (Å²) < 4.78 is 5.71. The van der Waals surface area contributed by atoms with Crippen molar-refractivity contribution in [3.63, 3.8) is 0 Å². The zero-order valence-electron chi connectivity index (χ0n) is 10.6. The number of nitrogens with two attached hydrogens (primary N) is 1. The van der Waals surface area contributed by atoms with Gasteiger partial charge in [-0.1, -0.05) is 17.7 Å². The molecule has 5 heteroatoms. The molecule has 1 aliphatic rings. The molecule has 0 amide bonds. The Hall–Kier alpha value is -1.26. The maximum absolute atomic E-state index is 7.67. The Morgan fingerprint density at radius 2 is 2.00 bits per heavy atom. The summed E-state index contributed by atoms with van der Waals surface area (Å²) in [5.74, 6) is 0.00222. The van der Waals surface area contributed by atoms with Crippen LogP contribution in [0.4, 0.5) is 5.69 Å². The van der Waals surface area contributed by atoms with E-state index in [1.54, 1.807) is 6.07 Å². The monoisotopic (exact) mass is 267 g/mol. The van der Waals surface area contributed by atoms with E-state index in [0.717, 1.165) is 18.8 Å². The number of hydrogen-bond donors (Lipinski definition) is 2. The maximum Gasteiger partial charge on any atom is 0.126 e. The van der Waals surface area contributed by atoms with Crippen LogP contribution in [0.25, 0.3) is 0 Å².